The van der Waals surface area contributed by atoms with Gasteiger partial charge in [0.25, 0.3) is 0 Å². The van der Waals surface area contributed by atoms with Gasteiger partial charge >= 0.3 is 5.97 Å². The van der Waals surface area contributed by atoms with Crippen molar-refractivity contribution in [1.29, 1.82) is 0 Å². The Morgan fingerprint density at radius 2 is 2.15 bits per heavy atom. The lowest BCUT2D eigenvalue weighted by Crippen LogP contribution is -1.99. The minimum atomic E-state index is -1.02. The molecule has 0 bridgehead atoms. The van der Waals surface area contributed by atoms with Crippen LogP contribution in [-0.2, 0) is 0 Å². The molecule has 0 atom stereocenters. The van der Waals surface area contributed by atoms with E-state index in [0.717, 1.165) is 0 Å². The topological polar surface area (TPSA) is 46.5 Å². The van der Waals surface area contributed by atoms with Gasteiger partial charge in [-0.1, -0.05) is 18.1 Å². The largest absolute Gasteiger partial charge is 0.478 e. The van der Waals surface area contributed by atoms with E-state index >= 15 is 0 Å². The van der Waals surface area contributed by atoms with Crippen LogP contribution in [0.5, 0.6) is 5.75 Å². The van der Waals surface area contributed by atoms with Gasteiger partial charge in [-0.05, 0) is 12.1 Å². The Bertz CT molecular complexity index is 371. The molecule has 13 heavy (non-hydrogen) atoms. The Kier molecular flexibility index (Phi) is 2.93. The predicted octanol–water partition coefficient (Wildman–Crippen LogP) is 1.74. The fourth-order valence-corrected chi connectivity index (χ4v) is 0.838. The monoisotopic (exact) mass is 176 g/mol. The molecule has 0 amide bonds. The molecule has 1 rings (SSSR count). The highest BCUT2D eigenvalue weighted by Crippen LogP contribution is 2.16. The van der Waals surface area contributed by atoms with Crippen LogP contribution in [0.15, 0.2) is 24.3 Å². The molecule has 0 aliphatic heterocycles. The van der Waals surface area contributed by atoms with Crippen LogP contribution in [0.4, 0.5) is 0 Å². The van der Waals surface area contributed by atoms with Crippen molar-refractivity contribution in [2.24, 2.45) is 0 Å². The SMILES string of the molecule is CC#COc1ccccc1C(=O)O. The quantitative estimate of drug-likeness (QED) is 0.698. The second-order valence-corrected chi connectivity index (χ2v) is 2.26. The van der Waals surface area contributed by atoms with E-state index in [4.69, 9.17) is 9.84 Å². The predicted molar refractivity (Wildman–Crippen MR) is 47.5 cm³/mol. The summed E-state index contributed by atoms with van der Waals surface area (Å²) in [5.74, 6) is 1.77. The van der Waals surface area contributed by atoms with E-state index in [9.17, 15) is 4.79 Å². The molecule has 1 N–H and O–H groups in total. The van der Waals surface area contributed by atoms with Crippen molar-refractivity contribution in [1.82, 2.24) is 0 Å². The Hall–Kier alpha value is -1.95. The number of rotatable bonds is 2. The minimum absolute atomic E-state index is 0.116. The number of carboxylic acid groups (broad SMARTS) is 1. The zero-order chi connectivity index (χ0) is 9.68. The molecule has 3 nitrogen and oxygen atoms in total. The fraction of sp³-hybridized carbons (Fsp3) is 0.100. The number of aromatic carboxylic acids is 1. The first kappa shape index (κ1) is 9.14. The number of benzene rings is 1. The van der Waals surface area contributed by atoms with Gasteiger partial charge in [-0.25, -0.2) is 4.79 Å². The number of ether oxygens (including phenoxy) is 1. The molecular formula is C10H8O3. The van der Waals surface area contributed by atoms with Gasteiger partial charge in [-0.2, -0.15) is 0 Å². The van der Waals surface area contributed by atoms with E-state index in [1.807, 2.05) is 0 Å². The molecule has 0 spiro atoms. The van der Waals surface area contributed by atoms with E-state index in [0.29, 0.717) is 0 Å². The number of carboxylic acids is 1. The van der Waals surface area contributed by atoms with Crippen molar-refractivity contribution in [3.05, 3.63) is 29.8 Å². The molecule has 0 saturated carbocycles. The molecule has 0 saturated heterocycles. The molecule has 0 heterocycles. The smallest absolute Gasteiger partial charge is 0.339 e. The summed E-state index contributed by atoms with van der Waals surface area (Å²) in [5.41, 5.74) is 0.116. The Balaban J connectivity index is 3.02. The minimum Gasteiger partial charge on any atom is -0.478 e. The van der Waals surface area contributed by atoms with Crippen LogP contribution in [0.25, 0.3) is 0 Å². The maximum Gasteiger partial charge on any atom is 0.339 e. The first-order valence-corrected chi connectivity index (χ1v) is 3.66. The molecule has 0 aromatic heterocycles. The van der Waals surface area contributed by atoms with Crippen LogP contribution in [0.1, 0.15) is 17.3 Å². The first-order chi connectivity index (χ1) is 6.25. The highest BCUT2D eigenvalue weighted by atomic mass is 16.5. The lowest BCUT2D eigenvalue weighted by molar-refractivity contribution is 0.0694. The molecule has 0 fully saturated rings. The number of para-hydroxylation sites is 1. The third-order valence-electron chi connectivity index (χ3n) is 1.38. The average Bonchev–Trinajstić information content (AvgIpc) is 2.15. The summed E-state index contributed by atoms with van der Waals surface area (Å²) in [7, 11) is 0. The number of hydrogen-bond acceptors (Lipinski definition) is 2. The van der Waals surface area contributed by atoms with Gasteiger partial charge in [0.2, 0.25) is 0 Å². The number of carbonyl (C=O) groups is 1. The van der Waals surface area contributed by atoms with Gasteiger partial charge in [0, 0.05) is 6.92 Å². The van der Waals surface area contributed by atoms with Gasteiger partial charge < -0.3 is 9.84 Å². The third-order valence-corrected chi connectivity index (χ3v) is 1.38. The van der Waals surface area contributed by atoms with Crippen LogP contribution >= 0.6 is 0 Å². The Labute approximate surface area is 76.0 Å². The van der Waals surface area contributed by atoms with E-state index in [-0.39, 0.29) is 11.3 Å². The summed E-state index contributed by atoms with van der Waals surface area (Å²) >= 11 is 0. The van der Waals surface area contributed by atoms with Crippen LogP contribution in [0, 0.1) is 12.0 Å². The van der Waals surface area contributed by atoms with E-state index in [2.05, 4.69) is 12.0 Å². The molecule has 3 heteroatoms. The summed E-state index contributed by atoms with van der Waals surface area (Å²) in [4.78, 5) is 10.7. The van der Waals surface area contributed by atoms with E-state index in [1.165, 1.54) is 6.07 Å². The summed E-state index contributed by atoms with van der Waals surface area (Å²) in [6, 6.07) is 6.36. The maximum absolute atomic E-state index is 10.7. The van der Waals surface area contributed by atoms with E-state index < -0.39 is 5.97 Å². The van der Waals surface area contributed by atoms with Crippen molar-refractivity contribution >= 4 is 5.97 Å². The standard InChI is InChI=1S/C10H8O3/c1-2-7-13-9-6-4-3-5-8(9)10(11)12/h3-6H,1H3,(H,11,12). The summed E-state index contributed by atoms with van der Waals surface area (Å²) in [6.45, 7) is 1.61. The van der Waals surface area contributed by atoms with Gasteiger partial charge in [0.1, 0.15) is 11.7 Å². The molecule has 0 aliphatic carbocycles. The van der Waals surface area contributed by atoms with Crippen LogP contribution in [0.2, 0.25) is 0 Å². The summed E-state index contributed by atoms with van der Waals surface area (Å²) in [5, 5.41) is 8.74. The van der Waals surface area contributed by atoms with Crippen molar-refractivity contribution in [2.75, 3.05) is 0 Å². The van der Waals surface area contributed by atoms with Crippen molar-refractivity contribution in [3.8, 4) is 17.8 Å². The normalized spacial score (nSPS) is 8.38. The third kappa shape index (κ3) is 2.24. The molecular weight excluding hydrogens is 168 g/mol. The van der Waals surface area contributed by atoms with Crippen LogP contribution in [0.3, 0.4) is 0 Å². The molecule has 1 aromatic carbocycles. The zero-order valence-electron chi connectivity index (χ0n) is 7.07. The van der Waals surface area contributed by atoms with Gasteiger partial charge in [-0.3, -0.25) is 0 Å². The lowest BCUT2D eigenvalue weighted by Gasteiger charge is -2.00. The molecule has 0 unspecified atom stereocenters. The summed E-state index contributed by atoms with van der Waals surface area (Å²) < 4.78 is 4.91. The van der Waals surface area contributed by atoms with Crippen molar-refractivity contribution in [3.63, 3.8) is 0 Å². The highest BCUT2D eigenvalue weighted by molar-refractivity contribution is 5.90. The first-order valence-electron chi connectivity index (χ1n) is 3.66. The van der Waals surface area contributed by atoms with Gasteiger partial charge in [0.15, 0.2) is 5.75 Å². The van der Waals surface area contributed by atoms with Crippen molar-refractivity contribution < 1.29 is 14.6 Å². The van der Waals surface area contributed by atoms with Gasteiger partial charge in [-0.15, -0.1) is 0 Å². The second kappa shape index (κ2) is 4.17. The van der Waals surface area contributed by atoms with Crippen LogP contribution < -0.4 is 4.74 Å². The van der Waals surface area contributed by atoms with Crippen molar-refractivity contribution in [2.45, 2.75) is 6.92 Å². The second-order valence-electron chi connectivity index (χ2n) is 2.26. The average molecular weight is 176 g/mol. The molecule has 0 aliphatic rings. The Morgan fingerprint density at radius 1 is 1.46 bits per heavy atom. The Morgan fingerprint density at radius 3 is 2.77 bits per heavy atom. The summed E-state index contributed by atoms with van der Waals surface area (Å²) in [6.07, 6.45) is 2.35. The highest BCUT2D eigenvalue weighted by Gasteiger charge is 2.08. The molecule has 1 aromatic rings. The van der Waals surface area contributed by atoms with E-state index in [1.54, 1.807) is 25.1 Å². The molecule has 66 valence electrons. The fourth-order valence-electron chi connectivity index (χ4n) is 0.838. The maximum atomic E-state index is 10.7. The number of hydrogen-bond donors (Lipinski definition) is 1. The zero-order valence-corrected chi connectivity index (χ0v) is 7.07. The van der Waals surface area contributed by atoms with Gasteiger partial charge in [0.05, 0.1) is 0 Å². The van der Waals surface area contributed by atoms with Crippen LogP contribution in [-0.4, -0.2) is 11.1 Å². The lowest BCUT2D eigenvalue weighted by atomic mass is 10.2. The molecule has 0 radical (unpaired) electrons.